The molecule has 2 atom stereocenters. The Morgan fingerprint density at radius 2 is 1.85 bits per heavy atom. The zero-order valence-electron chi connectivity index (χ0n) is 11.2. The van der Waals surface area contributed by atoms with Crippen molar-refractivity contribution in [3.05, 3.63) is 29.6 Å². The van der Waals surface area contributed by atoms with Crippen LogP contribution in [0.15, 0.2) is 23.1 Å². The van der Waals surface area contributed by atoms with Crippen LogP contribution < -0.4 is 5.32 Å². The Hall–Kier alpha value is -0.690. The van der Waals surface area contributed by atoms with E-state index in [1.807, 2.05) is 0 Å². The fourth-order valence-corrected chi connectivity index (χ4v) is 4.80. The highest BCUT2D eigenvalue weighted by Gasteiger charge is 2.41. The van der Waals surface area contributed by atoms with E-state index in [4.69, 9.17) is 0 Å². The van der Waals surface area contributed by atoms with Crippen molar-refractivity contribution in [2.24, 2.45) is 11.8 Å². The SMILES string of the molecule is Cc1c(F)cccc1S(=O)(=O)N1C[C@H]2CNC[C@H]2C1.Cl. The highest BCUT2D eigenvalue weighted by molar-refractivity contribution is 7.89. The lowest BCUT2D eigenvalue weighted by atomic mass is 10.0. The van der Waals surface area contributed by atoms with Gasteiger partial charge >= 0.3 is 0 Å². The van der Waals surface area contributed by atoms with Crippen LogP contribution in [0.1, 0.15) is 5.56 Å². The minimum Gasteiger partial charge on any atom is -0.316 e. The third-order valence-electron chi connectivity index (χ3n) is 4.19. The first kappa shape index (κ1) is 15.7. The molecule has 2 aliphatic rings. The van der Waals surface area contributed by atoms with Crippen LogP contribution in [0.3, 0.4) is 0 Å². The summed E-state index contributed by atoms with van der Waals surface area (Å²) in [6, 6.07) is 4.23. The predicted octanol–water partition coefficient (Wildman–Crippen LogP) is 1.40. The average Bonchev–Trinajstić information content (AvgIpc) is 2.92. The molecule has 0 unspecified atom stereocenters. The Balaban J connectivity index is 0.00000147. The molecule has 0 saturated carbocycles. The largest absolute Gasteiger partial charge is 0.316 e. The monoisotopic (exact) mass is 320 g/mol. The molecular formula is C13H18ClFN2O2S. The number of hydrogen-bond acceptors (Lipinski definition) is 3. The molecule has 0 radical (unpaired) electrons. The predicted molar refractivity (Wildman–Crippen MR) is 77.0 cm³/mol. The van der Waals surface area contributed by atoms with Crippen LogP contribution in [0.5, 0.6) is 0 Å². The number of rotatable bonds is 2. The van der Waals surface area contributed by atoms with Crippen molar-refractivity contribution in [2.45, 2.75) is 11.8 Å². The Morgan fingerprint density at radius 1 is 1.25 bits per heavy atom. The molecule has 112 valence electrons. The number of nitrogens with zero attached hydrogens (tertiary/aromatic N) is 1. The van der Waals surface area contributed by atoms with Crippen LogP contribution in [-0.4, -0.2) is 38.9 Å². The maximum Gasteiger partial charge on any atom is 0.243 e. The highest BCUT2D eigenvalue weighted by atomic mass is 35.5. The molecule has 7 heteroatoms. The number of sulfonamides is 1. The van der Waals surface area contributed by atoms with Crippen molar-refractivity contribution in [1.82, 2.24) is 9.62 Å². The van der Waals surface area contributed by atoms with Crippen molar-refractivity contribution in [3.63, 3.8) is 0 Å². The zero-order chi connectivity index (χ0) is 13.6. The van der Waals surface area contributed by atoms with Crippen LogP contribution in [0.25, 0.3) is 0 Å². The molecule has 20 heavy (non-hydrogen) atoms. The molecule has 3 rings (SSSR count). The number of fused-ring (bicyclic) bond motifs is 1. The lowest BCUT2D eigenvalue weighted by Crippen LogP contribution is -2.32. The summed E-state index contributed by atoms with van der Waals surface area (Å²) in [4.78, 5) is 0.0976. The van der Waals surface area contributed by atoms with E-state index in [0.717, 1.165) is 13.1 Å². The van der Waals surface area contributed by atoms with E-state index < -0.39 is 15.8 Å². The van der Waals surface area contributed by atoms with Gasteiger partial charge in [0.2, 0.25) is 10.0 Å². The molecule has 1 N–H and O–H groups in total. The first-order valence-electron chi connectivity index (χ1n) is 6.46. The number of benzene rings is 1. The highest BCUT2D eigenvalue weighted by Crippen LogP contribution is 2.31. The zero-order valence-corrected chi connectivity index (χ0v) is 12.8. The van der Waals surface area contributed by atoms with Crippen molar-refractivity contribution in [3.8, 4) is 0 Å². The third-order valence-corrected chi connectivity index (χ3v) is 6.17. The Kier molecular flexibility index (Phi) is 4.39. The van der Waals surface area contributed by atoms with E-state index in [2.05, 4.69) is 5.32 Å². The second kappa shape index (κ2) is 5.60. The van der Waals surface area contributed by atoms with Crippen LogP contribution >= 0.6 is 12.4 Å². The van der Waals surface area contributed by atoms with Gasteiger partial charge in [-0.1, -0.05) is 6.07 Å². The van der Waals surface area contributed by atoms with Crippen molar-refractivity contribution in [2.75, 3.05) is 26.2 Å². The topological polar surface area (TPSA) is 49.4 Å². The minimum absolute atomic E-state index is 0. The summed E-state index contributed by atoms with van der Waals surface area (Å²) < 4.78 is 40.2. The normalized spacial score (nSPS) is 26.3. The van der Waals surface area contributed by atoms with Crippen molar-refractivity contribution < 1.29 is 12.8 Å². The van der Waals surface area contributed by atoms with E-state index in [0.29, 0.717) is 24.9 Å². The van der Waals surface area contributed by atoms with Crippen molar-refractivity contribution in [1.29, 1.82) is 0 Å². The van der Waals surface area contributed by atoms with Gasteiger partial charge in [-0.15, -0.1) is 12.4 Å². The molecule has 0 spiro atoms. The van der Waals surface area contributed by atoms with Gasteiger partial charge in [0, 0.05) is 18.7 Å². The molecule has 1 aromatic rings. The Morgan fingerprint density at radius 3 is 2.45 bits per heavy atom. The number of nitrogens with one attached hydrogen (secondary N) is 1. The summed E-state index contributed by atoms with van der Waals surface area (Å²) in [5.41, 5.74) is 0.206. The standard InChI is InChI=1S/C13H17FN2O2S.ClH/c1-9-12(14)3-2-4-13(9)19(17,18)16-7-10-5-15-6-11(10)8-16;/h2-4,10-11,15H,5-8H2,1H3;1H/t10-,11+;. The summed E-state index contributed by atoms with van der Waals surface area (Å²) in [7, 11) is -3.57. The maximum absolute atomic E-state index is 13.5. The summed E-state index contributed by atoms with van der Waals surface area (Å²) in [6.07, 6.45) is 0. The smallest absolute Gasteiger partial charge is 0.243 e. The van der Waals surface area contributed by atoms with E-state index in [-0.39, 0.29) is 22.9 Å². The molecule has 2 heterocycles. The van der Waals surface area contributed by atoms with E-state index in [1.54, 1.807) is 0 Å². The van der Waals surface area contributed by atoms with E-state index in [9.17, 15) is 12.8 Å². The summed E-state index contributed by atoms with van der Waals surface area (Å²) in [6.45, 7) is 4.34. The van der Waals surface area contributed by atoms with E-state index >= 15 is 0 Å². The molecule has 1 aromatic carbocycles. The summed E-state index contributed by atoms with van der Waals surface area (Å²) >= 11 is 0. The maximum atomic E-state index is 13.5. The molecule has 4 nitrogen and oxygen atoms in total. The molecule has 0 aromatic heterocycles. The first-order valence-corrected chi connectivity index (χ1v) is 7.90. The first-order chi connectivity index (χ1) is 9.00. The van der Waals surface area contributed by atoms with Crippen molar-refractivity contribution >= 4 is 22.4 Å². The second-order valence-electron chi connectivity index (χ2n) is 5.36. The third kappa shape index (κ3) is 2.45. The fraction of sp³-hybridized carbons (Fsp3) is 0.538. The fourth-order valence-electron chi connectivity index (χ4n) is 3.01. The quantitative estimate of drug-likeness (QED) is 0.896. The van der Waals surface area contributed by atoms with E-state index in [1.165, 1.54) is 29.4 Å². The van der Waals surface area contributed by atoms with Gasteiger partial charge in [0.15, 0.2) is 0 Å². The van der Waals surface area contributed by atoms with Crippen LogP contribution in [0.4, 0.5) is 4.39 Å². The van der Waals surface area contributed by atoms with Gasteiger partial charge in [0.1, 0.15) is 5.82 Å². The molecule has 2 fully saturated rings. The van der Waals surface area contributed by atoms with Gasteiger partial charge in [0.25, 0.3) is 0 Å². The molecular weight excluding hydrogens is 303 g/mol. The van der Waals surface area contributed by atoms with Crippen LogP contribution in [0, 0.1) is 24.6 Å². The molecule has 2 saturated heterocycles. The lowest BCUT2D eigenvalue weighted by molar-refractivity contribution is 0.447. The lowest BCUT2D eigenvalue weighted by Gasteiger charge is -2.19. The Labute approximate surface area is 124 Å². The second-order valence-corrected chi connectivity index (χ2v) is 7.27. The summed E-state index contributed by atoms with van der Waals surface area (Å²) in [5, 5.41) is 3.28. The van der Waals surface area contributed by atoms with Gasteiger partial charge in [-0.25, -0.2) is 12.8 Å². The van der Waals surface area contributed by atoms with Gasteiger partial charge in [0.05, 0.1) is 4.90 Å². The van der Waals surface area contributed by atoms with Gasteiger partial charge in [-0.05, 0) is 44.0 Å². The molecule has 0 amide bonds. The number of hydrogen-bond donors (Lipinski definition) is 1. The summed E-state index contributed by atoms with van der Waals surface area (Å²) in [5.74, 6) is 0.314. The van der Waals surface area contributed by atoms with Crippen LogP contribution in [0.2, 0.25) is 0 Å². The molecule has 2 aliphatic heterocycles. The number of halogens is 2. The molecule has 0 aliphatic carbocycles. The van der Waals surface area contributed by atoms with Crippen LogP contribution in [-0.2, 0) is 10.0 Å². The van der Waals surface area contributed by atoms with Gasteiger partial charge in [-0.2, -0.15) is 4.31 Å². The molecule has 0 bridgehead atoms. The van der Waals surface area contributed by atoms with Gasteiger partial charge in [-0.3, -0.25) is 0 Å². The minimum atomic E-state index is -3.57. The van der Waals surface area contributed by atoms with Gasteiger partial charge < -0.3 is 5.32 Å². The average molecular weight is 321 g/mol. The Bertz CT molecular complexity index is 596.